The molecule has 0 spiro atoms. The molecular formula is C17H26N2O3S. The molecule has 1 N–H and O–H groups in total. The quantitative estimate of drug-likeness (QED) is 0.875. The Labute approximate surface area is 139 Å². The Balaban J connectivity index is 1.73. The molecule has 1 aromatic carbocycles. The fraction of sp³-hybridized carbons (Fsp3) is 0.647. The number of piperidine rings is 1. The lowest BCUT2D eigenvalue weighted by molar-refractivity contribution is 0.0437. The van der Waals surface area contributed by atoms with Crippen molar-refractivity contribution in [1.29, 1.82) is 0 Å². The number of hydrogen-bond acceptors (Lipinski definition) is 4. The van der Waals surface area contributed by atoms with Crippen LogP contribution in [-0.4, -0.2) is 61.3 Å². The standard InChI is InChI=1S/C17H26N2O3S/c1-2-23(21,22)19-9-8-17(14-20)13-18(11-16(17)12-19)10-15-6-4-3-5-7-15/h3-7,16,20H,2,8-14H2,1H3. The highest BCUT2D eigenvalue weighted by atomic mass is 32.2. The van der Waals surface area contributed by atoms with Crippen molar-refractivity contribution < 1.29 is 13.5 Å². The van der Waals surface area contributed by atoms with Gasteiger partial charge in [0, 0.05) is 38.1 Å². The van der Waals surface area contributed by atoms with E-state index < -0.39 is 10.0 Å². The minimum absolute atomic E-state index is 0.142. The molecule has 128 valence electrons. The summed E-state index contributed by atoms with van der Waals surface area (Å²) in [7, 11) is -3.14. The van der Waals surface area contributed by atoms with Crippen molar-refractivity contribution >= 4 is 10.0 Å². The summed E-state index contributed by atoms with van der Waals surface area (Å²) in [6.07, 6.45) is 0.749. The van der Waals surface area contributed by atoms with E-state index in [4.69, 9.17) is 0 Å². The number of aliphatic hydroxyl groups excluding tert-OH is 1. The Morgan fingerprint density at radius 1 is 1.26 bits per heavy atom. The number of hydrogen-bond donors (Lipinski definition) is 1. The van der Waals surface area contributed by atoms with Gasteiger partial charge >= 0.3 is 0 Å². The van der Waals surface area contributed by atoms with Gasteiger partial charge in [-0.15, -0.1) is 0 Å². The molecule has 2 aliphatic rings. The van der Waals surface area contributed by atoms with Gasteiger partial charge in [-0.05, 0) is 24.8 Å². The molecule has 23 heavy (non-hydrogen) atoms. The van der Waals surface area contributed by atoms with Gasteiger partial charge in [0.2, 0.25) is 10.0 Å². The highest BCUT2D eigenvalue weighted by Gasteiger charge is 2.50. The van der Waals surface area contributed by atoms with Gasteiger partial charge in [-0.2, -0.15) is 0 Å². The van der Waals surface area contributed by atoms with Crippen LogP contribution in [0.3, 0.4) is 0 Å². The first-order valence-corrected chi connectivity index (χ1v) is 9.95. The lowest BCUT2D eigenvalue weighted by Gasteiger charge is -2.41. The zero-order chi connectivity index (χ0) is 16.5. The van der Waals surface area contributed by atoms with Crippen molar-refractivity contribution in [2.75, 3.05) is 38.5 Å². The average Bonchev–Trinajstić information content (AvgIpc) is 2.93. The minimum Gasteiger partial charge on any atom is -0.396 e. The Morgan fingerprint density at radius 2 is 2.00 bits per heavy atom. The summed E-state index contributed by atoms with van der Waals surface area (Å²) < 4.78 is 25.9. The van der Waals surface area contributed by atoms with Gasteiger partial charge in [0.25, 0.3) is 0 Å². The van der Waals surface area contributed by atoms with Crippen LogP contribution in [0.15, 0.2) is 30.3 Å². The molecule has 2 atom stereocenters. The van der Waals surface area contributed by atoms with E-state index in [0.717, 1.165) is 26.1 Å². The van der Waals surface area contributed by atoms with Crippen LogP contribution in [0.2, 0.25) is 0 Å². The first-order valence-electron chi connectivity index (χ1n) is 8.34. The molecule has 0 radical (unpaired) electrons. The molecule has 2 aliphatic heterocycles. The van der Waals surface area contributed by atoms with E-state index >= 15 is 0 Å². The van der Waals surface area contributed by atoms with Gasteiger partial charge in [-0.3, -0.25) is 4.90 Å². The number of likely N-dealkylation sites (tertiary alicyclic amines) is 1. The summed E-state index contributed by atoms with van der Waals surface area (Å²) >= 11 is 0. The second-order valence-corrected chi connectivity index (χ2v) is 9.14. The summed E-state index contributed by atoms with van der Waals surface area (Å²) in [5, 5.41) is 9.99. The third-order valence-corrected chi connectivity index (χ3v) is 7.34. The molecule has 0 aliphatic carbocycles. The average molecular weight is 338 g/mol. The van der Waals surface area contributed by atoms with E-state index in [0.29, 0.717) is 13.1 Å². The summed E-state index contributed by atoms with van der Waals surface area (Å²) in [6, 6.07) is 10.3. The molecule has 2 saturated heterocycles. The van der Waals surface area contributed by atoms with Crippen LogP contribution in [0.25, 0.3) is 0 Å². The lowest BCUT2D eigenvalue weighted by atomic mass is 9.74. The summed E-state index contributed by atoms with van der Waals surface area (Å²) in [4.78, 5) is 2.36. The van der Waals surface area contributed by atoms with E-state index in [-0.39, 0.29) is 23.7 Å². The van der Waals surface area contributed by atoms with Crippen molar-refractivity contribution in [1.82, 2.24) is 9.21 Å². The summed E-state index contributed by atoms with van der Waals surface area (Å²) in [5.74, 6) is 0.367. The zero-order valence-corrected chi connectivity index (χ0v) is 14.5. The molecule has 6 heteroatoms. The highest BCUT2D eigenvalue weighted by molar-refractivity contribution is 7.89. The topological polar surface area (TPSA) is 60.9 Å². The first-order chi connectivity index (χ1) is 11.0. The predicted molar refractivity (Wildman–Crippen MR) is 90.4 cm³/mol. The molecule has 3 rings (SSSR count). The van der Waals surface area contributed by atoms with E-state index in [9.17, 15) is 13.5 Å². The summed E-state index contributed by atoms with van der Waals surface area (Å²) in [5.41, 5.74) is 1.12. The molecule has 0 amide bonds. The maximum absolute atomic E-state index is 12.2. The number of benzene rings is 1. The van der Waals surface area contributed by atoms with Crippen LogP contribution >= 0.6 is 0 Å². The van der Waals surface area contributed by atoms with E-state index in [1.807, 2.05) is 18.2 Å². The van der Waals surface area contributed by atoms with Crippen LogP contribution < -0.4 is 0 Å². The van der Waals surface area contributed by atoms with Crippen LogP contribution in [-0.2, 0) is 16.6 Å². The second-order valence-electron chi connectivity index (χ2n) is 6.88. The molecule has 2 unspecified atom stereocenters. The van der Waals surface area contributed by atoms with Crippen LogP contribution in [0.4, 0.5) is 0 Å². The molecule has 0 aromatic heterocycles. The van der Waals surface area contributed by atoms with Gasteiger partial charge in [0.15, 0.2) is 0 Å². The Hall–Kier alpha value is -0.950. The predicted octanol–water partition coefficient (Wildman–Crippen LogP) is 1.15. The van der Waals surface area contributed by atoms with Crippen molar-refractivity contribution in [2.45, 2.75) is 19.9 Å². The normalized spacial score (nSPS) is 29.6. The number of fused-ring (bicyclic) bond motifs is 1. The lowest BCUT2D eigenvalue weighted by Crippen LogP contribution is -2.50. The van der Waals surface area contributed by atoms with Crippen molar-refractivity contribution in [2.24, 2.45) is 11.3 Å². The van der Waals surface area contributed by atoms with E-state index in [1.54, 1.807) is 11.2 Å². The van der Waals surface area contributed by atoms with Gasteiger partial charge in [0.1, 0.15) is 0 Å². The SMILES string of the molecule is CCS(=O)(=O)N1CCC2(CO)CN(Cc3ccccc3)CC2C1. The number of aliphatic hydroxyl groups is 1. The Kier molecular flexibility index (Phi) is 4.78. The highest BCUT2D eigenvalue weighted by Crippen LogP contribution is 2.43. The van der Waals surface area contributed by atoms with Crippen LogP contribution in [0, 0.1) is 11.3 Å². The first kappa shape index (κ1) is 16.9. The van der Waals surface area contributed by atoms with Gasteiger partial charge in [-0.25, -0.2) is 12.7 Å². The molecule has 2 heterocycles. The van der Waals surface area contributed by atoms with Crippen LogP contribution in [0.5, 0.6) is 0 Å². The number of rotatable bonds is 5. The van der Waals surface area contributed by atoms with Gasteiger partial charge in [-0.1, -0.05) is 30.3 Å². The smallest absolute Gasteiger partial charge is 0.213 e. The minimum atomic E-state index is -3.14. The number of sulfonamides is 1. The van der Waals surface area contributed by atoms with E-state index in [2.05, 4.69) is 17.0 Å². The maximum Gasteiger partial charge on any atom is 0.213 e. The molecule has 0 bridgehead atoms. The van der Waals surface area contributed by atoms with E-state index in [1.165, 1.54) is 5.56 Å². The monoisotopic (exact) mass is 338 g/mol. The molecule has 2 fully saturated rings. The maximum atomic E-state index is 12.2. The van der Waals surface area contributed by atoms with Gasteiger partial charge in [0.05, 0.1) is 12.4 Å². The van der Waals surface area contributed by atoms with Crippen molar-refractivity contribution in [3.05, 3.63) is 35.9 Å². The fourth-order valence-electron chi connectivity index (χ4n) is 4.02. The molecule has 5 nitrogen and oxygen atoms in total. The molecule has 1 aromatic rings. The largest absolute Gasteiger partial charge is 0.396 e. The third-order valence-electron chi connectivity index (χ3n) is 5.49. The van der Waals surface area contributed by atoms with Crippen LogP contribution in [0.1, 0.15) is 18.9 Å². The van der Waals surface area contributed by atoms with Gasteiger partial charge < -0.3 is 5.11 Å². The second kappa shape index (κ2) is 6.51. The van der Waals surface area contributed by atoms with Crippen molar-refractivity contribution in [3.63, 3.8) is 0 Å². The number of nitrogens with zero attached hydrogens (tertiary/aromatic N) is 2. The Morgan fingerprint density at radius 3 is 2.65 bits per heavy atom. The summed E-state index contributed by atoms with van der Waals surface area (Å²) in [6.45, 7) is 5.48. The Bertz CT molecular complexity index is 634. The molecule has 0 saturated carbocycles. The third kappa shape index (κ3) is 3.31. The van der Waals surface area contributed by atoms with Crippen molar-refractivity contribution in [3.8, 4) is 0 Å². The zero-order valence-electron chi connectivity index (χ0n) is 13.7. The molecular weight excluding hydrogens is 312 g/mol. The fourth-order valence-corrected chi connectivity index (χ4v) is 5.16.